The highest BCUT2D eigenvalue weighted by Crippen LogP contribution is 2.24. The minimum atomic E-state index is 0.658. The zero-order valence-electron chi connectivity index (χ0n) is 14.8. The van der Waals surface area contributed by atoms with Crippen LogP contribution in [0.3, 0.4) is 0 Å². The number of anilines is 1. The first-order chi connectivity index (χ1) is 12.8. The second-order valence-corrected chi connectivity index (χ2v) is 6.60. The molecule has 1 fully saturated rings. The third-order valence-electron chi connectivity index (χ3n) is 4.75. The summed E-state index contributed by atoms with van der Waals surface area (Å²) in [6.45, 7) is 5.14. The number of benzene rings is 1. The van der Waals surface area contributed by atoms with Gasteiger partial charge in [0.05, 0.1) is 19.4 Å². The average Bonchev–Trinajstić information content (AvgIpc) is 3.07. The second kappa shape index (κ2) is 7.76. The summed E-state index contributed by atoms with van der Waals surface area (Å²) in [7, 11) is 0. The average molecular weight is 352 g/mol. The highest BCUT2D eigenvalue weighted by atomic mass is 16.5. The third-order valence-corrected chi connectivity index (χ3v) is 4.75. The van der Waals surface area contributed by atoms with Crippen LogP contribution in [0.1, 0.15) is 11.1 Å². The number of nitrogen functional groups attached to an aromatic ring is 1. The summed E-state index contributed by atoms with van der Waals surface area (Å²) >= 11 is 0. The molecule has 0 aliphatic carbocycles. The molecule has 2 aromatic heterocycles. The highest BCUT2D eigenvalue weighted by molar-refractivity contribution is 5.81. The van der Waals surface area contributed by atoms with Gasteiger partial charge in [-0.25, -0.2) is 4.98 Å². The molecule has 0 amide bonds. The molecule has 1 aromatic carbocycles. The maximum absolute atomic E-state index is 5.93. The minimum Gasteiger partial charge on any atom is -0.491 e. The zero-order chi connectivity index (χ0) is 17.8. The summed E-state index contributed by atoms with van der Waals surface area (Å²) < 4.78 is 11.3. The van der Waals surface area contributed by atoms with Crippen molar-refractivity contribution < 1.29 is 9.47 Å². The summed E-state index contributed by atoms with van der Waals surface area (Å²) in [4.78, 5) is 10.1. The molecule has 26 heavy (non-hydrogen) atoms. The summed E-state index contributed by atoms with van der Waals surface area (Å²) in [6, 6.07) is 10.1. The predicted octanol–water partition coefficient (Wildman–Crippen LogP) is 2.45. The van der Waals surface area contributed by atoms with Gasteiger partial charge in [-0.1, -0.05) is 12.1 Å². The predicted molar refractivity (Wildman–Crippen MR) is 103 cm³/mol. The fraction of sp³-hybridized carbons (Fsp3) is 0.350. The molecule has 3 N–H and O–H groups in total. The van der Waals surface area contributed by atoms with E-state index in [1.807, 2.05) is 18.3 Å². The normalized spacial score (nSPS) is 15.4. The number of aromatic amines is 1. The molecule has 3 heterocycles. The molecule has 3 aromatic rings. The smallest absolute Gasteiger partial charge is 0.138 e. The molecule has 0 spiro atoms. The van der Waals surface area contributed by atoms with Crippen LogP contribution < -0.4 is 10.5 Å². The molecule has 0 saturated carbocycles. The van der Waals surface area contributed by atoms with Crippen molar-refractivity contribution >= 4 is 16.7 Å². The van der Waals surface area contributed by atoms with Crippen molar-refractivity contribution in [3.8, 4) is 5.75 Å². The first-order valence-electron chi connectivity index (χ1n) is 9.01. The first kappa shape index (κ1) is 16.9. The van der Waals surface area contributed by atoms with Crippen LogP contribution >= 0.6 is 0 Å². The molecule has 0 radical (unpaired) electrons. The maximum atomic E-state index is 5.93. The summed E-state index contributed by atoms with van der Waals surface area (Å²) in [5, 5.41) is 1.10. The van der Waals surface area contributed by atoms with Gasteiger partial charge in [-0.15, -0.1) is 0 Å². The van der Waals surface area contributed by atoms with Crippen LogP contribution in [0.5, 0.6) is 5.75 Å². The van der Waals surface area contributed by atoms with Crippen molar-refractivity contribution in [2.75, 3.05) is 45.2 Å². The lowest BCUT2D eigenvalue weighted by atomic mass is 10.0. The van der Waals surface area contributed by atoms with Gasteiger partial charge in [0.2, 0.25) is 0 Å². The summed E-state index contributed by atoms with van der Waals surface area (Å²) in [5.41, 5.74) is 9.86. The Kier molecular flexibility index (Phi) is 5.04. The van der Waals surface area contributed by atoms with E-state index in [0.29, 0.717) is 6.61 Å². The van der Waals surface area contributed by atoms with Crippen molar-refractivity contribution in [1.29, 1.82) is 0 Å². The molecule has 0 bridgehead atoms. The van der Waals surface area contributed by atoms with Crippen molar-refractivity contribution in [3.05, 3.63) is 53.9 Å². The monoisotopic (exact) mass is 352 g/mol. The topological polar surface area (TPSA) is 76.4 Å². The van der Waals surface area contributed by atoms with Crippen LogP contribution in [0.4, 0.5) is 5.69 Å². The van der Waals surface area contributed by atoms with Crippen molar-refractivity contribution in [1.82, 2.24) is 14.9 Å². The molecule has 1 aliphatic heterocycles. The lowest BCUT2D eigenvalue weighted by Crippen LogP contribution is -2.38. The number of hydrogen-bond acceptors (Lipinski definition) is 5. The van der Waals surface area contributed by atoms with Crippen LogP contribution in [0.25, 0.3) is 11.0 Å². The van der Waals surface area contributed by atoms with Gasteiger partial charge in [-0.05, 0) is 35.7 Å². The Balaban J connectivity index is 1.43. The van der Waals surface area contributed by atoms with Crippen molar-refractivity contribution in [2.45, 2.75) is 6.42 Å². The van der Waals surface area contributed by atoms with Gasteiger partial charge in [-0.2, -0.15) is 0 Å². The van der Waals surface area contributed by atoms with Gasteiger partial charge >= 0.3 is 0 Å². The lowest BCUT2D eigenvalue weighted by molar-refractivity contribution is 0.0322. The van der Waals surface area contributed by atoms with E-state index in [0.717, 1.165) is 61.7 Å². The number of fused-ring (bicyclic) bond motifs is 1. The SMILES string of the molecule is Nc1ccc(Cc2c[nH]c3ncc(OCCN4CCOCC4)cc23)cc1. The van der Waals surface area contributed by atoms with Crippen LogP contribution in [0.15, 0.2) is 42.7 Å². The van der Waals surface area contributed by atoms with Crippen LogP contribution in [-0.4, -0.2) is 54.3 Å². The fourth-order valence-corrected chi connectivity index (χ4v) is 3.24. The number of nitrogens with two attached hydrogens (primary N) is 1. The van der Waals surface area contributed by atoms with Gasteiger partial charge in [0.1, 0.15) is 18.0 Å². The number of morpholine rings is 1. The summed E-state index contributed by atoms with van der Waals surface area (Å²) in [5.74, 6) is 0.809. The largest absolute Gasteiger partial charge is 0.491 e. The number of nitrogens with zero attached hydrogens (tertiary/aromatic N) is 2. The third kappa shape index (κ3) is 3.98. The van der Waals surface area contributed by atoms with E-state index in [2.05, 4.69) is 33.1 Å². The van der Waals surface area contributed by atoms with Crippen LogP contribution in [0, 0.1) is 0 Å². The lowest BCUT2D eigenvalue weighted by Gasteiger charge is -2.26. The molecule has 136 valence electrons. The van der Waals surface area contributed by atoms with E-state index < -0.39 is 0 Å². The molecule has 0 atom stereocenters. The second-order valence-electron chi connectivity index (χ2n) is 6.60. The number of hydrogen-bond donors (Lipinski definition) is 2. The molecule has 6 nitrogen and oxygen atoms in total. The first-order valence-corrected chi connectivity index (χ1v) is 9.01. The number of aromatic nitrogens is 2. The summed E-state index contributed by atoms with van der Waals surface area (Å²) in [6.07, 6.45) is 4.63. The van der Waals surface area contributed by atoms with E-state index in [1.54, 1.807) is 6.20 Å². The number of ether oxygens (including phenoxy) is 2. The Morgan fingerprint density at radius 3 is 2.81 bits per heavy atom. The number of rotatable bonds is 6. The minimum absolute atomic E-state index is 0.658. The van der Waals surface area contributed by atoms with E-state index in [-0.39, 0.29) is 0 Å². The molecule has 6 heteroatoms. The van der Waals surface area contributed by atoms with E-state index >= 15 is 0 Å². The Hall–Kier alpha value is -2.57. The van der Waals surface area contributed by atoms with Gasteiger partial charge in [-0.3, -0.25) is 4.90 Å². The molecular weight excluding hydrogens is 328 g/mol. The maximum Gasteiger partial charge on any atom is 0.138 e. The molecule has 0 unspecified atom stereocenters. The number of nitrogens with one attached hydrogen (secondary N) is 1. The number of pyridine rings is 1. The van der Waals surface area contributed by atoms with Gasteiger partial charge < -0.3 is 20.2 Å². The van der Waals surface area contributed by atoms with Crippen molar-refractivity contribution in [3.63, 3.8) is 0 Å². The Morgan fingerprint density at radius 1 is 1.19 bits per heavy atom. The molecular formula is C20H24N4O2. The van der Waals surface area contributed by atoms with E-state index in [4.69, 9.17) is 15.2 Å². The molecule has 1 aliphatic rings. The van der Waals surface area contributed by atoms with Crippen LogP contribution in [-0.2, 0) is 11.2 Å². The number of H-pyrrole nitrogens is 1. The standard InChI is InChI=1S/C20H24N4O2/c21-17-3-1-15(2-4-17)11-16-13-22-20-19(16)12-18(14-23-20)26-10-7-24-5-8-25-9-6-24/h1-4,12-14H,5-11,21H2,(H,22,23). The van der Waals surface area contributed by atoms with E-state index in [1.165, 1.54) is 11.1 Å². The molecule has 1 saturated heterocycles. The van der Waals surface area contributed by atoms with Gasteiger partial charge in [0.25, 0.3) is 0 Å². The highest BCUT2D eigenvalue weighted by Gasteiger charge is 2.11. The van der Waals surface area contributed by atoms with E-state index in [9.17, 15) is 0 Å². The molecule has 4 rings (SSSR count). The van der Waals surface area contributed by atoms with Crippen LogP contribution in [0.2, 0.25) is 0 Å². The van der Waals surface area contributed by atoms with Crippen molar-refractivity contribution in [2.24, 2.45) is 0 Å². The fourth-order valence-electron chi connectivity index (χ4n) is 3.24. The van der Waals surface area contributed by atoms with Gasteiger partial charge in [0.15, 0.2) is 0 Å². The van der Waals surface area contributed by atoms with Gasteiger partial charge in [0, 0.05) is 36.9 Å². The Morgan fingerprint density at radius 2 is 2.00 bits per heavy atom. The zero-order valence-corrected chi connectivity index (χ0v) is 14.8. The Bertz CT molecular complexity index is 854. The quantitative estimate of drug-likeness (QED) is 0.667. The Labute approximate surface area is 152 Å².